The summed E-state index contributed by atoms with van der Waals surface area (Å²) in [6.45, 7) is 11.8. The molecule has 4 nitrogen and oxygen atoms in total. The zero-order chi connectivity index (χ0) is 20.5. The smallest absolute Gasteiger partial charge is 0.315 e. The van der Waals surface area contributed by atoms with Crippen LogP contribution in [0.1, 0.15) is 60.3 Å². The molecular formula is C24H36O4. The van der Waals surface area contributed by atoms with E-state index in [-0.39, 0.29) is 17.8 Å². The Labute approximate surface area is 169 Å². The summed E-state index contributed by atoms with van der Waals surface area (Å²) in [5, 5.41) is 10.8. The van der Waals surface area contributed by atoms with E-state index in [0.717, 1.165) is 31.1 Å². The molecule has 0 aromatic rings. The lowest BCUT2D eigenvalue weighted by atomic mass is 9.43. The first-order valence-corrected chi connectivity index (χ1v) is 11.2. The van der Waals surface area contributed by atoms with Gasteiger partial charge in [0.2, 0.25) is 0 Å². The molecule has 4 aliphatic rings. The van der Waals surface area contributed by atoms with E-state index >= 15 is 0 Å². The first-order valence-electron chi connectivity index (χ1n) is 11.2. The highest BCUT2D eigenvalue weighted by Gasteiger charge is 2.84. The van der Waals surface area contributed by atoms with E-state index in [9.17, 15) is 14.7 Å². The van der Waals surface area contributed by atoms with Gasteiger partial charge in [0.25, 0.3) is 0 Å². The van der Waals surface area contributed by atoms with E-state index in [0.29, 0.717) is 37.4 Å². The predicted molar refractivity (Wildman–Crippen MR) is 108 cm³/mol. The van der Waals surface area contributed by atoms with Crippen LogP contribution >= 0.6 is 0 Å². The number of allylic oxidation sites excluding steroid dienone is 1. The van der Waals surface area contributed by atoms with Crippen LogP contribution in [0.5, 0.6) is 0 Å². The highest BCUT2D eigenvalue weighted by atomic mass is 16.5. The van der Waals surface area contributed by atoms with E-state index in [4.69, 9.17) is 4.74 Å². The monoisotopic (exact) mass is 388 g/mol. The molecule has 0 spiro atoms. The number of hydrogen-bond acceptors (Lipinski definition) is 3. The Kier molecular flexibility index (Phi) is 4.61. The summed E-state index contributed by atoms with van der Waals surface area (Å²) in [7, 11) is 0. The minimum Gasteiger partial charge on any atom is -0.481 e. The quantitative estimate of drug-likeness (QED) is 0.512. The molecule has 0 saturated heterocycles. The number of carbonyl (C=O) groups excluding carboxylic acids is 1. The minimum absolute atomic E-state index is 0.126. The predicted octanol–water partition coefficient (Wildman–Crippen LogP) is 4.58. The summed E-state index contributed by atoms with van der Waals surface area (Å²) in [6.07, 6.45) is 7.00. The maximum absolute atomic E-state index is 13.2. The highest BCUT2D eigenvalue weighted by Crippen LogP contribution is 2.82. The molecule has 4 bridgehead atoms. The third kappa shape index (κ3) is 2.11. The van der Waals surface area contributed by atoms with Gasteiger partial charge in [0.15, 0.2) is 0 Å². The van der Waals surface area contributed by atoms with Crippen LogP contribution in [0, 0.1) is 51.8 Å². The lowest BCUT2D eigenvalue weighted by Gasteiger charge is -2.58. The molecule has 0 aliphatic heterocycles. The fourth-order valence-electron chi connectivity index (χ4n) is 8.11. The maximum Gasteiger partial charge on any atom is 0.315 e. The standard InChI is InChI=1S/C24H36O4/c1-14(2)11-28-13-23-10-18-16(5)6-7-19(18)22(12-25)9-17(23)8-20(15(3)4)24(22,23)21(26)27/h8,12,14-19H,6-7,9-11,13H2,1-5H3,(H,26,27). The van der Waals surface area contributed by atoms with Gasteiger partial charge in [0.1, 0.15) is 11.7 Å². The summed E-state index contributed by atoms with van der Waals surface area (Å²) in [4.78, 5) is 26.0. The number of hydrogen-bond donors (Lipinski definition) is 1. The fraction of sp³-hybridized carbons (Fsp3) is 0.833. The Morgan fingerprint density at radius 1 is 1.29 bits per heavy atom. The Morgan fingerprint density at radius 2 is 2.00 bits per heavy atom. The summed E-state index contributed by atoms with van der Waals surface area (Å²) in [6, 6.07) is 0. The van der Waals surface area contributed by atoms with Crippen LogP contribution in [-0.2, 0) is 14.3 Å². The molecule has 3 saturated carbocycles. The second-order valence-corrected chi connectivity index (χ2v) is 10.9. The molecule has 0 amide bonds. The number of aliphatic carboxylic acids is 1. The van der Waals surface area contributed by atoms with Crippen LogP contribution in [0.2, 0.25) is 0 Å². The van der Waals surface area contributed by atoms with Crippen molar-refractivity contribution in [2.75, 3.05) is 13.2 Å². The first-order chi connectivity index (χ1) is 13.2. The normalized spacial score (nSPS) is 46.2. The zero-order valence-electron chi connectivity index (χ0n) is 18.0. The van der Waals surface area contributed by atoms with Crippen molar-refractivity contribution in [1.82, 2.24) is 0 Å². The van der Waals surface area contributed by atoms with Crippen molar-refractivity contribution >= 4 is 12.3 Å². The van der Waals surface area contributed by atoms with E-state index in [1.54, 1.807) is 0 Å². The van der Waals surface area contributed by atoms with E-state index < -0.39 is 22.2 Å². The first kappa shape index (κ1) is 20.1. The number of carbonyl (C=O) groups is 2. The van der Waals surface area contributed by atoms with Crippen LogP contribution < -0.4 is 0 Å². The van der Waals surface area contributed by atoms with Gasteiger partial charge in [-0.2, -0.15) is 0 Å². The molecule has 7 unspecified atom stereocenters. The van der Waals surface area contributed by atoms with Crippen LogP contribution in [0.4, 0.5) is 0 Å². The molecular weight excluding hydrogens is 352 g/mol. The number of ether oxygens (including phenoxy) is 1. The number of aldehydes is 1. The summed E-state index contributed by atoms with van der Waals surface area (Å²) in [5.41, 5.74) is -1.35. The highest BCUT2D eigenvalue weighted by molar-refractivity contribution is 5.90. The van der Waals surface area contributed by atoms with Gasteiger partial charge < -0.3 is 14.6 Å². The van der Waals surface area contributed by atoms with Gasteiger partial charge >= 0.3 is 5.97 Å². The van der Waals surface area contributed by atoms with Crippen molar-refractivity contribution in [3.05, 3.63) is 11.6 Å². The van der Waals surface area contributed by atoms with Crippen molar-refractivity contribution in [2.45, 2.75) is 60.3 Å². The van der Waals surface area contributed by atoms with Gasteiger partial charge in [-0.15, -0.1) is 0 Å². The Bertz CT molecular complexity index is 709. The molecule has 4 heteroatoms. The van der Waals surface area contributed by atoms with Gasteiger partial charge in [0.05, 0.1) is 12.0 Å². The Balaban J connectivity index is 1.90. The van der Waals surface area contributed by atoms with Crippen LogP contribution in [-0.4, -0.2) is 30.6 Å². The van der Waals surface area contributed by atoms with E-state index in [1.165, 1.54) is 0 Å². The van der Waals surface area contributed by atoms with Crippen LogP contribution in [0.3, 0.4) is 0 Å². The largest absolute Gasteiger partial charge is 0.481 e. The number of rotatable bonds is 7. The average molecular weight is 389 g/mol. The summed E-state index contributed by atoms with van der Waals surface area (Å²) in [5.74, 6) is 1.07. The average Bonchev–Trinajstić information content (AvgIpc) is 3.18. The minimum atomic E-state index is -1.09. The van der Waals surface area contributed by atoms with Crippen molar-refractivity contribution in [2.24, 2.45) is 51.8 Å². The van der Waals surface area contributed by atoms with Crippen LogP contribution in [0.15, 0.2) is 11.6 Å². The van der Waals surface area contributed by atoms with Gasteiger partial charge in [0, 0.05) is 12.0 Å². The second-order valence-electron chi connectivity index (χ2n) is 10.9. The molecule has 4 rings (SSSR count). The van der Waals surface area contributed by atoms with Crippen molar-refractivity contribution in [3.8, 4) is 0 Å². The number of carboxylic acids is 1. The molecule has 156 valence electrons. The molecule has 28 heavy (non-hydrogen) atoms. The topological polar surface area (TPSA) is 63.6 Å². The third-order valence-corrected chi connectivity index (χ3v) is 8.93. The van der Waals surface area contributed by atoms with E-state index in [1.807, 2.05) is 0 Å². The lowest BCUT2D eigenvalue weighted by molar-refractivity contribution is -0.186. The van der Waals surface area contributed by atoms with Gasteiger partial charge in [-0.1, -0.05) is 52.7 Å². The molecule has 0 aromatic carbocycles. The molecule has 1 N–H and O–H groups in total. The van der Waals surface area contributed by atoms with Gasteiger partial charge in [-0.05, 0) is 54.8 Å². The van der Waals surface area contributed by atoms with E-state index in [2.05, 4.69) is 40.7 Å². The Hall–Kier alpha value is -1.16. The Morgan fingerprint density at radius 3 is 2.57 bits per heavy atom. The molecule has 4 aliphatic carbocycles. The fourth-order valence-corrected chi connectivity index (χ4v) is 8.11. The van der Waals surface area contributed by atoms with Crippen LogP contribution in [0.25, 0.3) is 0 Å². The van der Waals surface area contributed by atoms with Crippen molar-refractivity contribution < 1.29 is 19.4 Å². The molecule has 0 heterocycles. The molecule has 0 radical (unpaired) electrons. The number of fused-ring (bicyclic) bond motifs is 2. The lowest BCUT2D eigenvalue weighted by Crippen LogP contribution is -2.63. The van der Waals surface area contributed by atoms with Gasteiger partial charge in [-0.25, -0.2) is 0 Å². The van der Waals surface area contributed by atoms with Crippen molar-refractivity contribution in [3.63, 3.8) is 0 Å². The summed E-state index contributed by atoms with van der Waals surface area (Å²) >= 11 is 0. The molecule has 3 fully saturated rings. The molecule has 7 atom stereocenters. The number of carboxylic acid groups (broad SMARTS) is 1. The summed E-state index contributed by atoms with van der Waals surface area (Å²) < 4.78 is 6.20. The van der Waals surface area contributed by atoms with Crippen molar-refractivity contribution in [1.29, 1.82) is 0 Å². The SMILES string of the molecule is CC(C)COCC12CC3C(C)CCC3C3(C=O)CC1C=C(C(C)C)C32C(=O)O. The van der Waals surface area contributed by atoms with Gasteiger partial charge in [-0.3, -0.25) is 4.79 Å². The zero-order valence-corrected chi connectivity index (χ0v) is 18.0. The molecule has 0 aromatic heterocycles. The maximum atomic E-state index is 13.2. The second kappa shape index (κ2) is 6.42. The third-order valence-electron chi connectivity index (χ3n) is 8.93.